The van der Waals surface area contributed by atoms with Gasteiger partial charge in [-0.1, -0.05) is 24.1 Å². The van der Waals surface area contributed by atoms with E-state index in [1.807, 2.05) is 0 Å². The first-order valence-corrected chi connectivity index (χ1v) is 7.45. The van der Waals surface area contributed by atoms with Gasteiger partial charge in [-0.15, -0.1) is 0 Å². The van der Waals surface area contributed by atoms with Crippen LogP contribution in [0.5, 0.6) is 0 Å². The minimum Gasteiger partial charge on any atom is -0.299 e. The molecule has 1 aromatic rings. The minimum atomic E-state index is -0.367. The highest BCUT2D eigenvalue weighted by Gasteiger charge is 2.39. The molecule has 102 valence electrons. The molecule has 3 heteroatoms. The van der Waals surface area contributed by atoms with Gasteiger partial charge < -0.3 is 0 Å². The normalized spacial score (nSPS) is 28.8. The second kappa shape index (κ2) is 5.24. The van der Waals surface area contributed by atoms with Crippen molar-refractivity contribution in [3.63, 3.8) is 0 Å². The fraction of sp³-hybridized carbons (Fsp3) is 0.562. The lowest BCUT2D eigenvalue weighted by molar-refractivity contribution is -0.119. The van der Waals surface area contributed by atoms with Crippen molar-refractivity contribution in [2.24, 2.45) is 17.8 Å². The van der Waals surface area contributed by atoms with E-state index >= 15 is 0 Å². The van der Waals surface area contributed by atoms with Crippen molar-refractivity contribution in [2.75, 3.05) is 0 Å². The van der Waals surface area contributed by atoms with Crippen LogP contribution in [0.4, 0.5) is 4.39 Å². The zero-order chi connectivity index (χ0) is 13.4. The quantitative estimate of drug-likeness (QED) is 0.798. The Morgan fingerprint density at radius 3 is 2.79 bits per heavy atom. The molecule has 0 aromatic heterocycles. The van der Waals surface area contributed by atoms with Crippen LogP contribution in [0.2, 0.25) is 5.02 Å². The molecule has 0 spiro atoms. The average Bonchev–Trinajstić information content (AvgIpc) is 2.95. The fourth-order valence-electron chi connectivity index (χ4n) is 3.87. The van der Waals surface area contributed by atoms with E-state index < -0.39 is 0 Å². The summed E-state index contributed by atoms with van der Waals surface area (Å²) in [5.41, 5.74) is 0.470. The van der Waals surface area contributed by atoms with Gasteiger partial charge in [-0.2, -0.15) is 0 Å². The lowest BCUT2D eigenvalue weighted by atomic mass is 9.84. The summed E-state index contributed by atoms with van der Waals surface area (Å²) in [6, 6.07) is 4.54. The first-order chi connectivity index (χ1) is 9.11. The summed E-state index contributed by atoms with van der Waals surface area (Å²) in [5.74, 6) is 1.97. The van der Waals surface area contributed by atoms with Gasteiger partial charge in [0.25, 0.3) is 0 Å². The summed E-state index contributed by atoms with van der Waals surface area (Å²) in [5, 5.41) is 0.377. The third-order valence-corrected chi connectivity index (χ3v) is 5.01. The van der Waals surface area contributed by atoms with E-state index in [9.17, 15) is 9.18 Å². The van der Waals surface area contributed by atoms with Gasteiger partial charge in [0.2, 0.25) is 0 Å². The number of carbonyl (C=O) groups excluding carboxylic acids is 1. The molecule has 3 rings (SSSR count). The zero-order valence-electron chi connectivity index (χ0n) is 10.9. The van der Waals surface area contributed by atoms with Crippen LogP contribution >= 0.6 is 11.6 Å². The van der Waals surface area contributed by atoms with Gasteiger partial charge in [-0.3, -0.25) is 4.79 Å². The van der Waals surface area contributed by atoms with E-state index in [0.29, 0.717) is 22.9 Å². The van der Waals surface area contributed by atoms with Gasteiger partial charge in [0, 0.05) is 17.9 Å². The molecular weight excluding hydrogens is 263 g/mol. The summed E-state index contributed by atoms with van der Waals surface area (Å²) < 4.78 is 13.6. The van der Waals surface area contributed by atoms with Gasteiger partial charge in [-0.05, 0) is 54.7 Å². The van der Waals surface area contributed by atoms with E-state index in [2.05, 4.69) is 0 Å². The Hall–Kier alpha value is -0.890. The van der Waals surface area contributed by atoms with Crippen LogP contribution in [0.15, 0.2) is 18.2 Å². The van der Waals surface area contributed by atoms with E-state index in [1.165, 1.54) is 31.7 Å². The Labute approximate surface area is 118 Å². The monoisotopic (exact) mass is 280 g/mol. The van der Waals surface area contributed by atoms with Crippen LogP contribution in [0.25, 0.3) is 0 Å². The molecule has 3 unspecified atom stereocenters. The molecule has 0 saturated heterocycles. The second-order valence-electron chi connectivity index (χ2n) is 6.09. The molecule has 0 amide bonds. The van der Waals surface area contributed by atoms with E-state index in [0.717, 1.165) is 11.8 Å². The highest BCUT2D eigenvalue weighted by molar-refractivity contribution is 6.30. The summed E-state index contributed by atoms with van der Waals surface area (Å²) in [4.78, 5) is 12.1. The Morgan fingerprint density at radius 1 is 1.32 bits per heavy atom. The van der Waals surface area contributed by atoms with E-state index in [1.54, 1.807) is 12.1 Å². The average molecular weight is 281 g/mol. The summed E-state index contributed by atoms with van der Waals surface area (Å²) in [6.07, 6.45) is 5.99. The highest BCUT2D eigenvalue weighted by atomic mass is 35.5. The number of hydrogen-bond donors (Lipinski definition) is 0. The smallest absolute Gasteiger partial charge is 0.137 e. The summed E-state index contributed by atoms with van der Waals surface area (Å²) in [7, 11) is 0. The number of halogens is 2. The Kier molecular flexibility index (Phi) is 3.62. The number of hydrogen-bond acceptors (Lipinski definition) is 1. The SMILES string of the molecule is O=C(Cc1ccc(Cl)cc1F)CC1CC2CCC1C2. The maximum atomic E-state index is 13.6. The molecule has 0 radical (unpaired) electrons. The number of carbonyl (C=O) groups is 1. The van der Waals surface area contributed by atoms with Crippen LogP contribution in [0.3, 0.4) is 0 Å². The molecule has 0 heterocycles. The molecule has 2 saturated carbocycles. The first kappa shape index (κ1) is 13.1. The molecule has 1 aromatic carbocycles. The lowest BCUT2D eigenvalue weighted by Crippen LogP contribution is -2.16. The van der Waals surface area contributed by atoms with Crippen LogP contribution in [0.1, 0.15) is 37.7 Å². The van der Waals surface area contributed by atoms with Gasteiger partial charge >= 0.3 is 0 Å². The molecule has 2 aliphatic carbocycles. The van der Waals surface area contributed by atoms with E-state index in [-0.39, 0.29) is 18.0 Å². The molecular formula is C16H18ClFO. The van der Waals surface area contributed by atoms with Crippen molar-refractivity contribution in [1.29, 1.82) is 0 Å². The van der Waals surface area contributed by atoms with Crippen molar-refractivity contribution >= 4 is 17.4 Å². The second-order valence-corrected chi connectivity index (χ2v) is 6.53. The number of rotatable bonds is 4. The maximum Gasteiger partial charge on any atom is 0.137 e. The molecule has 0 N–H and O–H groups in total. The zero-order valence-corrected chi connectivity index (χ0v) is 11.6. The third kappa shape index (κ3) is 2.84. The van der Waals surface area contributed by atoms with E-state index in [4.69, 9.17) is 11.6 Å². The molecule has 2 fully saturated rings. The van der Waals surface area contributed by atoms with Crippen LogP contribution in [0, 0.1) is 23.6 Å². The Balaban J connectivity index is 1.59. The number of ketones is 1. The topological polar surface area (TPSA) is 17.1 Å². The van der Waals surface area contributed by atoms with Crippen molar-refractivity contribution < 1.29 is 9.18 Å². The molecule has 2 aliphatic rings. The Morgan fingerprint density at radius 2 is 2.16 bits per heavy atom. The van der Waals surface area contributed by atoms with Gasteiger partial charge in [0.1, 0.15) is 11.6 Å². The van der Waals surface area contributed by atoms with Crippen LogP contribution in [-0.2, 0) is 11.2 Å². The largest absolute Gasteiger partial charge is 0.299 e. The van der Waals surface area contributed by atoms with Gasteiger partial charge in [0.05, 0.1) is 0 Å². The molecule has 0 aliphatic heterocycles. The lowest BCUT2D eigenvalue weighted by Gasteiger charge is -2.20. The summed E-state index contributed by atoms with van der Waals surface area (Å²) in [6.45, 7) is 0. The van der Waals surface area contributed by atoms with Gasteiger partial charge in [0.15, 0.2) is 0 Å². The van der Waals surface area contributed by atoms with Crippen LogP contribution in [-0.4, -0.2) is 5.78 Å². The third-order valence-electron chi connectivity index (χ3n) is 4.78. The predicted octanol–water partition coefficient (Wildman–Crippen LogP) is 4.42. The standard InChI is InChI=1S/C16H18ClFO/c17-14-4-3-12(16(18)9-14)7-15(19)8-13-6-10-1-2-11(13)5-10/h3-4,9-11,13H,1-2,5-8H2. The summed E-state index contributed by atoms with van der Waals surface area (Å²) >= 11 is 5.71. The maximum absolute atomic E-state index is 13.6. The van der Waals surface area contributed by atoms with Crippen molar-refractivity contribution in [3.05, 3.63) is 34.6 Å². The Bertz CT molecular complexity index is 500. The molecule has 19 heavy (non-hydrogen) atoms. The highest BCUT2D eigenvalue weighted by Crippen LogP contribution is 2.49. The molecule has 2 bridgehead atoms. The predicted molar refractivity (Wildman–Crippen MR) is 73.7 cm³/mol. The number of benzene rings is 1. The molecule has 1 nitrogen and oxygen atoms in total. The first-order valence-electron chi connectivity index (χ1n) is 7.07. The van der Waals surface area contributed by atoms with Gasteiger partial charge in [-0.25, -0.2) is 4.39 Å². The van der Waals surface area contributed by atoms with Crippen molar-refractivity contribution in [2.45, 2.75) is 38.5 Å². The van der Waals surface area contributed by atoms with Crippen molar-refractivity contribution in [1.82, 2.24) is 0 Å². The number of fused-ring (bicyclic) bond motifs is 2. The minimum absolute atomic E-state index is 0.166. The van der Waals surface area contributed by atoms with Crippen LogP contribution < -0.4 is 0 Å². The number of Topliss-reactive ketones (excluding diaryl/α,β-unsaturated/α-hetero) is 1. The van der Waals surface area contributed by atoms with Crippen molar-refractivity contribution in [3.8, 4) is 0 Å². The molecule has 3 atom stereocenters. The fourth-order valence-corrected chi connectivity index (χ4v) is 4.03.